The van der Waals surface area contributed by atoms with Gasteiger partial charge >= 0.3 is 0 Å². The third-order valence-corrected chi connectivity index (χ3v) is 5.20. The highest BCUT2D eigenvalue weighted by Gasteiger charge is 2.40. The molecule has 2 N–H and O–H groups in total. The van der Waals surface area contributed by atoms with Crippen LogP contribution in [0.2, 0.25) is 5.02 Å². The number of rotatable bonds is 7. The minimum absolute atomic E-state index is 0.0801. The lowest BCUT2D eigenvalue weighted by molar-refractivity contribution is -0.0854. The molecule has 7 heteroatoms. The molecule has 0 aliphatic rings. The van der Waals surface area contributed by atoms with Gasteiger partial charge in [-0.1, -0.05) is 44.5 Å². The number of ether oxygens (including phenoxy) is 1. The molecule has 0 saturated heterocycles. The van der Waals surface area contributed by atoms with Crippen molar-refractivity contribution in [3.8, 4) is 5.75 Å². The smallest absolute Gasteiger partial charge is 0.215 e. The van der Waals surface area contributed by atoms with Crippen LogP contribution in [-0.4, -0.2) is 31.6 Å². The summed E-state index contributed by atoms with van der Waals surface area (Å²) in [6.45, 7) is 8.40. The topological polar surface area (TPSA) is 63.1 Å². The summed E-state index contributed by atoms with van der Waals surface area (Å²) in [7, 11) is 0. The highest BCUT2D eigenvalue weighted by molar-refractivity contribution is 7.71. The number of aromatic amines is 1. The Morgan fingerprint density at radius 2 is 2.04 bits per heavy atom. The van der Waals surface area contributed by atoms with Crippen molar-refractivity contribution in [3.63, 3.8) is 0 Å². The van der Waals surface area contributed by atoms with E-state index >= 15 is 0 Å². The summed E-state index contributed by atoms with van der Waals surface area (Å²) in [6.07, 6.45) is 2.70. The van der Waals surface area contributed by atoms with Gasteiger partial charge in [-0.15, -0.1) is 0 Å². The van der Waals surface area contributed by atoms with E-state index in [1.807, 2.05) is 45.9 Å². The van der Waals surface area contributed by atoms with Crippen molar-refractivity contribution in [1.82, 2.24) is 14.8 Å². The van der Waals surface area contributed by atoms with Gasteiger partial charge in [-0.3, -0.25) is 9.78 Å². The molecule has 0 fully saturated rings. The van der Waals surface area contributed by atoms with E-state index in [1.165, 1.54) is 6.33 Å². The zero-order valence-corrected chi connectivity index (χ0v) is 16.7. The van der Waals surface area contributed by atoms with E-state index in [2.05, 4.69) is 10.1 Å². The highest BCUT2D eigenvalue weighted by atomic mass is 35.5. The quantitative estimate of drug-likeness (QED) is 0.685. The second kappa shape index (κ2) is 7.89. The Morgan fingerprint density at radius 1 is 1.36 bits per heavy atom. The Hall–Kier alpha value is -1.37. The number of halogens is 1. The predicted molar refractivity (Wildman–Crippen MR) is 103 cm³/mol. The monoisotopic (exact) mass is 383 g/mol. The fraction of sp³-hybridized carbons (Fsp3) is 0.556. The van der Waals surface area contributed by atoms with E-state index in [1.54, 1.807) is 10.7 Å². The number of hydrogen-bond donors (Lipinski definition) is 2. The van der Waals surface area contributed by atoms with Crippen LogP contribution in [0, 0.1) is 10.2 Å². The van der Waals surface area contributed by atoms with Gasteiger partial charge < -0.3 is 9.84 Å². The Morgan fingerprint density at radius 3 is 2.60 bits per heavy atom. The summed E-state index contributed by atoms with van der Waals surface area (Å²) >= 11 is 11.3. The average Bonchev–Trinajstić information content (AvgIpc) is 2.91. The summed E-state index contributed by atoms with van der Waals surface area (Å²) < 4.78 is 8.05. The molecule has 0 aliphatic heterocycles. The molecule has 2 atom stereocenters. The second-order valence-corrected chi connectivity index (χ2v) is 8.21. The fourth-order valence-electron chi connectivity index (χ4n) is 2.60. The molecule has 138 valence electrons. The lowest BCUT2D eigenvalue weighted by atomic mass is 9.73. The molecule has 2 unspecified atom stereocenters. The largest absolute Gasteiger partial charge is 0.489 e. The molecule has 2 aromatic rings. The third kappa shape index (κ3) is 5.06. The molecule has 2 rings (SSSR count). The Labute approximate surface area is 159 Å². The molecule has 1 aromatic carbocycles. The lowest BCUT2D eigenvalue weighted by Gasteiger charge is -2.41. The molecule has 1 aromatic heterocycles. The van der Waals surface area contributed by atoms with Gasteiger partial charge in [0.25, 0.3) is 0 Å². The van der Waals surface area contributed by atoms with Crippen molar-refractivity contribution in [2.24, 2.45) is 5.41 Å². The Kier molecular flexibility index (Phi) is 6.30. The number of para-hydroxylation sites is 1. The van der Waals surface area contributed by atoms with E-state index < -0.39 is 5.60 Å². The van der Waals surface area contributed by atoms with Gasteiger partial charge in [0, 0.05) is 0 Å². The zero-order chi connectivity index (χ0) is 18.7. The standard InChI is InChI=1S/C18H26ClN3O2S/c1-13(24-15-8-6-5-7-14(15)19)9-10-18(23,17(2,3)4)11-22-16(25)20-12-21-22/h5-8,12-13,23H,9-11H2,1-4H3,(H,20,21,25). The molecule has 25 heavy (non-hydrogen) atoms. The number of H-pyrrole nitrogens is 1. The van der Waals surface area contributed by atoms with Crippen LogP contribution in [0.1, 0.15) is 40.5 Å². The van der Waals surface area contributed by atoms with Crippen molar-refractivity contribution in [1.29, 1.82) is 0 Å². The number of nitrogens with one attached hydrogen (secondary N) is 1. The van der Waals surface area contributed by atoms with Crippen molar-refractivity contribution in [2.75, 3.05) is 0 Å². The molecule has 0 amide bonds. The molecule has 0 aliphatic carbocycles. The van der Waals surface area contributed by atoms with E-state index in [9.17, 15) is 5.11 Å². The van der Waals surface area contributed by atoms with E-state index in [4.69, 9.17) is 28.6 Å². The van der Waals surface area contributed by atoms with Gasteiger partial charge in [-0.2, -0.15) is 0 Å². The Balaban J connectivity index is 2.06. The van der Waals surface area contributed by atoms with E-state index in [0.29, 0.717) is 34.9 Å². The van der Waals surface area contributed by atoms with Gasteiger partial charge in [-0.05, 0) is 49.5 Å². The molecule has 5 nitrogen and oxygen atoms in total. The van der Waals surface area contributed by atoms with Gasteiger partial charge in [0.2, 0.25) is 4.77 Å². The van der Waals surface area contributed by atoms with Crippen molar-refractivity contribution in [3.05, 3.63) is 40.4 Å². The maximum Gasteiger partial charge on any atom is 0.215 e. The summed E-state index contributed by atoms with van der Waals surface area (Å²) in [5.74, 6) is 0.659. The number of nitrogens with zero attached hydrogens (tertiary/aromatic N) is 2. The van der Waals surface area contributed by atoms with Gasteiger partial charge in [0.15, 0.2) is 0 Å². The molecular weight excluding hydrogens is 358 g/mol. The van der Waals surface area contributed by atoms with Crippen LogP contribution in [0.4, 0.5) is 0 Å². The van der Waals surface area contributed by atoms with Crippen molar-refractivity contribution >= 4 is 23.8 Å². The van der Waals surface area contributed by atoms with Crippen molar-refractivity contribution in [2.45, 2.75) is 58.8 Å². The molecule has 0 saturated carbocycles. The zero-order valence-electron chi connectivity index (χ0n) is 15.1. The lowest BCUT2D eigenvalue weighted by Crippen LogP contribution is -2.47. The van der Waals surface area contributed by atoms with Crippen molar-refractivity contribution < 1.29 is 9.84 Å². The van der Waals surface area contributed by atoms with Crippen LogP contribution in [0.25, 0.3) is 0 Å². The SMILES string of the molecule is CC(CCC(O)(Cn1[nH]cnc1=S)C(C)(C)C)Oc1ccccc1Cl. The first-order valence-corrected chi connectivity index (χ1v) is 9.15. The minimum Gasteiger partial charge on any atom is -0.489 e. The predicted octanol–water partition coefficient (Wildman–Crippen LogP) is 4.62. The molecule has 0 bridgehead atoms. The first-order valence-electron chi connectivity index (χ1n) is 8.36. The summed E-state index contributed by atoms with van der Waals surface area (Å²) in [5, 5.41) is 14.9. The fourth-order valence-corrected chi connectivity index (χ4v) is 2.95. The third-order valence-electron chi connectivity index (χ3n) is 4.56. The van der Waals surface area contributed by atoms with Crippen LogP contribution in [0.3, 0.4) is 0 Å². The van der Waals surface area contributed by atoms with Gasteiger partial charge in [-0.25, -0.2) is 4.98 Å². The maximum absolute atomic E-state index is 11.3. The summed E-state index contributed by atoms with van der Waals surface area (Å²) in [4.78, 5) is 4.02. The molecule has 0 spiro atoms. The van der Waals surface area contributed by atoms with Crippen LogP contribution in [-0.2, 0) is 6.54 Å². The highest BCUT2D eigenvalue weighted by Crippen LogP contribution is 2.36. The van der Waals surface area contributed by atoms with E-state index in [0.717, 1.165) is 0 Å². The minimum atomic E-state index is -0.962. The van der Waals surface area contributed by atoms with Gasteiger partial charge in [0.1, 0.15) is 12.1 Å². The van der Waals surface area contributed by atoms with Gasteiger partial charge in [0.05, 0.1) is 23.3 Å². The molecule has 0 radical (unpaired) electrons. The van der Waals surface area contributed by atoms with Crippen LogP contribution < -0.4 is 4.74 Å². The van der Waals surface area contributed by atoms with Crippen LogP contribution in [0.5, 0.6) is 5.75 Å². The van der Waals surface area contributed by atoms with Crippen LogP contribution in [0.15, 0.2) is 30.6 Å². The first kappa shape index (κ1) is 19.9. The summed E-state index contributed by atoms with van der Waals surface area (Å²) in [5.41, 5.74) is -1.30. The molecular formula is C18H26ClN3O2S. The number of aliphatic hydroxyl groups is 1. The van der Waals surface area contributed by atoms with Crippen LogP contribution >= 0.6 is 23.8 Å². The first-order chi connectivity index (χ1) is 11.6. The Bertz CT molecular complexity index is 753. The summed E-state index contributed by atoms with van der Waals surface area (Å²) in [6, 6.07) is 7.40. The second-order valence-electron chi connectivity index (χ2n) is 7.44. The normalized spacial score (nSPS) is 15.6. The number of benzene rings is 1. The number of hydrogen-bond acceptors (Lipinski definition) is 4. The molecule has 1 heterocycles. The van der Waals surface area contributed by atoms with E-state index in [-0.39, 0.29) is 11.5 Å². The number of aromatic nitrogens is 3. The average molecular weight is 384 g/mol. The maximum atomic E-state index is 11.3.